The molecule has 1 aliphatic carbocycles. The van der Waals surface area contributed by atoms with E-state index in [-0.39, 0.29) is 6.10 Å². The van der Waals surface area contributed by atoms with Crippen LogP contribution in [-0.4, -0.2) is 23.0 Å². The van der Waals surface area contributed by atoms with Gasteiger partial charge in [-0.15, -0.1) is 0 Å². The van der Waals surface area contributed by atoms with Gasteiger partial charge in [0.25, 0.3) is 0 Å². The third kappa shape index (κ3) is 2.58. The lowest BCUT2D eigenvalue weighted by Gasteiger charge is -2.47. The molecule has 0 fully saturated rings. The molecule has 1 aromatic rings. The Labute approximate surface area is 144 Å². The Morgan fingerprint density at radius 2 is 1.70 bits per heavy atom. The lowest BCUT2D eigenvalue weighted by Crippen LogP contribution is -2.60. The summed E-state index contributed by atoms with van der Waals surface area (Å²) in [5.74, 6) is 1.29. The Morgan fingerprint density at radius 3 is 2.35 bits per heavy atom. The van der Waals surface area contributed by atoms with Crippen molar-refractivity contribution in [1.82, 2.24) is 0 Å². The molecule has 0 bridgehead atoms. The number of rotatable bonds is 5. The van der Waals surface area contributed by atoms with Gasteiger partial charge in [0.2, 0.25) is 0 Å². The van der Waals surface area contributed by atoms with Gasteiger partial charge in [-0.05, 0) is 16.4 Å². The Kier molecular flexibility index (Phi) is 4.97. The summed E-state index contributed by atoms with van der Waals surface area (Å²) in [6, 6.07) is 12.3. The summed E-state index contributed by atoms with van der Waals surface area (Å²) in [6.45, 7) is 9.51. The van der Waals surface area contributed by atoms with Crippen LogP contribution >= 0.6 is 0 Å². The molecule has 0 saturated heterocycles. The lowest BCUT2D eigenvalue weighted by molar-refractivity contribution is 0.246. The van der Waals surface area contributed by atoms with E-state index in [1.807, 2.05) is 0 Å². The van der Waals surface area contributed by atoms with E-state index in [1.54, 1.807) is 10.4 Å². The summed E-state index contributed by atoms with van der Waals surface area (Å²) in [5.41, 5.74) is 0.601. The van der Waals surface area contributed by atoms with Crippen LogP contribution in [0.2, 0.25) is 29.7 Å². The highest BCUT2D eigenvalue weighted by Gasteiger charge is 2.49. The fourth-order valence-corrected chi connectivity index (χ4v) is 11.7. The molecule has 1 aromatic carbocycles. The van der Waals surface area contributed by atoms with Gasteiger partial charge in [0.1, 0.15) is 19.9 Å². The van der Waals surface area contributed by atoms with E-state index in [0.717, 1.165) is 0 Å². The van der Waals surface area contributed by atoms with E-state index in [4.69, 9.17) is 4.74 Å². The van der Waals surface area contributed by atoms with Crippen LogP contribution in [0.4, 0.5) is 0 Å². The van der Waals surface area contributed by atoms with Crippen molar-refractivity contribution in [2.24, 2.45) is 0 Å². The molecule has 1 aliphatic heterocycles. The van der Waals surface area contributed by atoms with Crippen molar-refractivity contribution < 1.29 is 4.74 Å². The molecule has 1 nitrogen and oxygen atoms in total. The highest BCUT2D eigenvalue weighted by Crippen LogP contribution is 2.42. The van der Waals surface area contributed by atoms with Crippen LogP contribution in [0, 0.1) is 0 Å². The van der Waals surface area contributed by atoms with Gasteiger partial charge in [-0.25, -0.2) is 0 Å². The van der Waals surface area contributed by atoms with E-state index in [0.29, 0.717) is 5.54 Å². The minimum absolute atomic E-state index is 0.261. The predicted molar refractivity (Wildman–Crippen MR) is 106 cm³/mol. The molecule has 0 spiro atoms. The molecule has 1 radical (unpaired) electrons. The summed E-state index contributed by atoms with van der Waals surface area (Å²) in [6.07, 6.45) is 9.40. The quantitative estimate of drug-likeness (QED) is 0.722. The number of hydrogen-bond donors (Lipinski definition) is 0. The SMILES string of the molecule is CC[Si](CC)c1cccc2c1OC1C=CC=CC1[Si]2(CC)CC. The minimum atomic E-state index is -1.56. The Morgan fingerprint density at radius 1 is 1.00 bits per heavy atom. The summed E-state index contributed by atoms with van der Waals surface area (Å²) in [7, 11) is -2.05. The smallest absolute Gasteiger partial charge is 0.121 e. The Balaban J connectivity index is 2.19. The molecule has 123 valence electrons. The van der Waals surface area contributed by atoms with Gasteiger partial charge in [0, 0.05) is 5.54 Å². The average molecular weight is 342 g/mol. The van der Waals surface area contributed by atoms with Crippen LogP contribution in [0.15, 0.2) is 42.5 Å². The molecule has 0 amide bonds. The summed E-state index contributed by atoms with van der Waals surface area (Å²) in [4.78, 5) is 0. The van der Waals surface area contributed by atoms with Gasteiger partial charge in [-0.2, -0.15) is 0 Å². The van der Waals surface area contributed by atoms with Crippen LogP contribution in [-0.2, 0) is 0 Å². The molecule has 0 aromatic heterocycles. The summed E-state index contributed by atoms with van der Waals surface area (Å²) >= 11 is 0. The zero-order chi connectivity index (χ0) is 16.4. The topological polar surface area (TPSA) is 9.23 Å². The average Bonchev–Trinajstić information content (AvgIpc) is 2.61. The second kappa shape index (κ2) is 6.82. The zero-order valence-corrected chi connectivity index (χ0v) is 16.9. The number of fused-ring (bicyclic) bond motifs is 2. The van der Waals surface area contributed by atoms with Crippen molar-refractivity contribution in [2.75, 3.05) is 0 Å². The number of hydrogen-bond acceptors (Lipinski definition) is 1. The molecule has 0 N–H and O–H groups in total. The van der Waals surface area contributed by atoms with Crippen molar-refractivity contribution in [3.8, 4) is 5.75 Å². The van der Waals surface area contributed by atoms with Gasteiger partial charge in [0.15, 0.2) is 0 Å². The van der Waals surface area contributed by atoms with E-state index < -0.39 is 16.9 Å². The molecule has 2 atom stereocenters. The monoisotopic (exact) mass is 341 g/mol. The normalized spacial score (nSPS) is 24.2. The lowest BCUT2D eigenvalue weighted by atomic mass is 10.1. The number of allylic oxidation sites excluding steroid dienone is 2. The van der Waals surface area contributed by atoms with E-state index >= 15 is 0 Å². The van der Waals surface area contributed by atoms with E-state index in [2.05, 4.69) is 70.2 Å². The first-order valence-corrected chi connectivity index (χ1v) is 13.6. The van der Waals surface area contributed by atoms with Crippen molar-refractivity contribution in [3.05, 3.63) is 42.5 Å². The highest BCUT2D eigenvalue weighted by atomic mass is 28.3. The van der Waals surface area contributed by atoms with Crippen molar-refractivity contribution in [1.29, 1.82) is 0 Å². The predicted octanol–water partition coefficient (Wildman–Crippen LogP) is 4.38. The second-order valence-electron chi connectivity index (χ2n) is 6.73. The molecule has 1 heterocycles. The Hall–Kier alpha value is -1.07. The molecular formula is C20H29OSi2. The van der Waals surface area contributed by atoms with Crippen LogP contribution in [0.3, 0.4) is 0 Å². The number of ether oxygens (including phenoxy) is 1. The first-order chi connectivity index (χ1) is 11.2. The van der Waals surface area contributed by atoms with Crippen molar-refractivity contribution >= 4 is 27.2 Å². The fraction of sp³-hybridized carbons (Fsp3) is 0.500. The summed E-state index contributed by atoms with van der Waals surface area (Å²) in [5, 5.41) is 3.16. The zero-order valence-electron chi connectivity index (χ0n) is 14.9. The maximum absolute atomic E-state index is 6.63. The summed E-state index contributed by atoms with van der Waals surface area (Å²) < 4.78 is 6.63. The van der Waals surface area contributed by atoms with Gasteiger partial charge in [-0.3, -0.25) is 0 Å². The molecule has 0 saturated carbocycles. The highest BCUT2D eigenvalue weighted by molar-refractivity contribution is 6.95. The largest absolute Gasteiger partial charge is 0.486 e. The van der Waals surface area contributed by atoms with Crippen molar-refractivity contribution in [3.63, 3.8) is 0 Å². The first kappa shape index (κ1) is 16.8. The van der Waals surface area contributed by atoms with Crippen molar-refractivity contribution in [2.45, 2.75) is 63.5 Å². The molecule has 2 aliphatic rings. The van der Waals surface area contributed by atoms with Gasteiger partial charge in [-0.1, -0.05) is 88.3 Å². The maximum Gasteiger partial charge on any atom is 0.121 e. The minimum Gasteiger partial charge on any atom is -0.486 e. The molecule has 23 heavy (non-hydrogen) atoms. The molecule has 2 unspecified atom stereocenters. The van der Waals surface area contributed by atoms with Gasteiger partial charge >= 0.3 is 0 Å². The fourth-order valence-electron chi connectivity index (χ4n) is 4.58. The first-order valence-electron chi connectivity index (χ1n) is 9.22. The number of para-hydroxylation sites is 1. The third-order valence-corrected chi connectivity index (χ3v) is 14.7. The third-order valence-electron chi connectivity index (χ3n) is 6.02. The van der Waals surface area contributed by atoms with Crippen LogP contribution in [0.1, 0.15) is 27.7 Å². The molecule has 3 rings (SSSR count). The van der Waals surface area contributed by atoms with E-state index in [1.165, 1.54) is 29.9 Å². The van der Waals surface area contributed by atoms with E-state index in [9.17, 15) is 0 Å². The van der Waals surface area contributed by atoms with Gasteiger partial charge < -0.3 is 4.74 Å². The maximum atomic E-state index is 6.63. The molecular weight excluding hydrogens is 312 g/mol. The number of benzene rings is 1. The van der Waals surface area contributed by atoms with Gasteiger partial charge in [0.05, 0.1) is 8.80 Å². The Bertz CT molecular complexity index is 612. The van der Waals surface area contributed by atoms with Crippen LogP contribution < -0.4 is 15.1 Å². The van der Waals surface area contributed by atoms with Crippen LogP contribution in [0.25, 0.3) is 0 Å². The second-order valence-corrected chi connectivity index (χ2v) is 14.8. The molecule has 3 heteroatoms. The van der Waals surface area contributed by atoms with Crippen LogP contribution in [0.5, 0.6) is 5.75 Å². The standard InChI is InChI=1S/C20H29OSi2/c1-5-22(6-2)17-13-11-15-19-20(17)21-16-12-9-10-14-18(16)23(19,7-3)8-4/h9-16,18H,5-8H2,1-4H3.